The number of aryl methyl sites for hydroxylation is 1. The first-order valence-corrected chi connectivity index (χ1v) is 10.8. The fraction of sp³-hybridized carbons (Fsp3) is 0.192. The molecule has 1 heterocycles. The quantitative estimate of drug-likeness (QED) is 0.432. The molecule has 0 saturated carbocycles. The van der Waals surface area contributed by atoms with E-state index in [1.54, 1.807) is 0 Å². The van der Waals surface area contributed by atoms with Crippen LogP contribution in [0.3, 0.4) is 0 Å². The van der Waals surface area contributed by atoms with Crippen LogP contribution in [0.15, 0.2) is 72.8 Å². The van der Waals surface area contributed by atoms with E-state index in [0.29, 0.717) is 5.82 Å². The van der Waals surface area contributed by atoms with Crippen molar-refractivity contribution in [2.45, 2.75) is 27.0 Å². The molecule has 0 unspecified atom stereocenters. The van der Waals surface area contributed by atoms with E-state index in [0.717, 1.165) is 33.6 Å². The van der Waals surface area contributed by atoms with Crippen LogP contribution < -0.4 is 15.4 Å². The fourth-order valence-corrected chi connectivity index (χ4v) is 3.54. The number of ether oxygens (including phenoxy) is 1. The first-order valence-electron chi connectivity index (χ1n) is 10.8. The van der Waals surface area contributed by atoms with Gasteiger partial charge in [0.05, 0.1) is 17.6 Å². The smallest absolute Gasteiger partial charge is 0.243 e. The molecule has 0 aliphatic carbocycles. The monoisotopic (exact) mass is 442 g/mol. The largest absolute Gasteiger partial charge is 0.486 e. The van der Waals surface area contributed by atoms with Gasteiger partial charge in [0.25, 0.3) is 0 Å². The molecule has 0 radical (unpaired) electrons. The van der Waals surface area contributed by atoms with Crippen molar-refractivity contribution in [3.8, 4) is 5.75 Å². The van der Waals surface area contributed by atoms with Crippen LogP contribution in [0.1, 0.15) is 17.0 Å². The molecule has 3 aromatic carbocycles. The minimum Gasteiger partial charge on any atom is -0.486 e. The molecule has 0 aliphatic heterocycles. The maximum atomic E-state index is 12.7. The van der Waals surface area contributed by atoms with Crippen molar-refractivity contribution in [2.24, 2.45) is 0 Å². The first kappa shape index (κ1) is 22.1. The standard InChI is InChI=1S/C26H26N4O3/c1-18-9-8-13-21(19(18)2)29-25(31)15-27-26(32)16-30-23-14-7-6-12-22(23)28-24(30)17-33-20-10-4-3-5-11-20/h3-14H,15-17H2,1-2H3,(H,27,32)(H,29,31). The van der Waals surface area contributed by atoms with Crippen molar-refractivity contribution in [3.05, 3.63) is 89.7 Å². The fourth-order valence-electron chi connectivity index (χ4n) is 3.54. The van der Waals surface area contributed by atoms with Gasteiger partial charge < -0.3 is 19.9 Å². The van der Waals surface area contributed by atoms with E-state index in [1.165, 1.54) is 0 Å². The van der Waals surface area contributed by atoms with Crippen LogP contribution in [-0.2, 0) is 22.7 Å². The molecular weight excluding hydrogens is 416 g/mol. The van der Waals surface area contributed by atoms with E-state index in [-0.39, 0.29) is 31.5 Å². The van der Waals surface area contributed by atoms with Crippen LogP contribution in [0.5, 0.6) is 5.75 Å². The molecule has 0 bridgehead atoms. The Bertz CT molecular complexity index is 1280. The molecule has 0 spiro atoms. The van der Waals surface area contributed by atoms with Crippen LogP contribution in [-0.4, -0.2) is 27.9 Å². The lowest BCUT2D eigenvalue weighted by atomic mass is 10.1. The number of anilines is 1. The third-order valence-electron chi connectivity index (χ3n) is 5.47. The number of carbonyl (C=O) groups excluding carboxylic acids is 2. The minimum absolute atomic E-state index is 0.0325. The third-order valence-corrected chi connectivity index (χ3v) is 5.47. The normalized spacial score (nSPS) is 10.7. The number of nitrogens with one attached hydrogen (secondary N) is 2. The Labute approximate surface area is 192 Å². The molecule has 1 aromatic heterocycles. The van der Waals surface area contributed by atoms with Gasteiger partial charge >= 0.3 is 0 Å². The molecule has 0 saturated heterocycles. The number of benzene rings is 3. The Morgan fingerprint density at radius 3 is 2.48 bits per heavy atom. The number of hydrogen-bond acceptors (Lipinski definition) is 4. The molecule has 0 aliphatic rings. The lowest BCUT2D eigenvalue weighted by Crippen LogP contribution is -2.35. The number of aromatic nitrogens is 2. The van der Waals surface area contributed by atoms with Gasteiger partial charge in [-0.05, 0) is 55.3 Å². The minimum atomic E-state index is -0.282. The van der Waals surface area contributed by atoms with E-state index in [1.807, 2.05) is 91.2 Å². The molecule has 4 aromatic rings. The summed E-state index contributed by atoms with van der Waals surface area (Å²) in [6.07, 6.45) is 0. The number of imidazole rings is 1. The van der Waals surface area contributed by atoms with E-state index < -0.39 is 0 Å². The van der Waals surface area contributed by atoms with Crippen LogP contribution >= 0.6 is 0 Å². The van der Waals surface area contributed by atoms with Crippen molar-refractivity contribution in [1.29, 1.82) is 0 Å². The molecule has 2 N–H and O–H groups in total. The van der Waals surface area contributed by atoms with Gasteiger partial charge in [0, 0.05) is 5.69 Å². The summed E-state index contributed by atoms with van der Waals surface area (Å²) in [5.41, 5.74) is 4.46. The van der Waals surface area contributed by atoms with E-state index in [9.17, 15) is 9.59 Å². The highest BCUT2D eigenvalue weighted by Gasteiger charge is 2.15. The summed E-state index contributed by atoms with van der Waals surface area (Å²) in [4.78, 5) is 29.7. The second-order valence-corrected chi connectivity index (χ2v) is 7.78. The Morgan fingerprint density at radius 2 is 1.67 bits per heavy atom. The first-order chi connectivity index (χ1) is 16.0. The molecule has 2 amide bonds. The van der Waals surface area contributed by atoms with Crippen molar-refractivity contribution in [3.63, 3.8) is 0 Å². The van der Waals surface area contributed by atoms with Crippen LogP contribution in [0.4, 0.5) is 5.69 Å². The van der Waals surface area contributed by atoms with Crippen molar-refractivity contribution < 1.29 is 14.3 Å². The molecule has 4 rings (SSSR count). The van der Waals surface area contributed by atoms with Gasteiger partial charge in [0.1, 0.15) is 24.7 Å². The predicted molar refractivity (Wildman–Crippen MR) is 128 cm³/mol. The number of fused-ring (bicyclic) bond motifs is 1. The predicted octanol–water partition coefficient (Wildman–Crippen LogP) is 3.99. The van der Waals surface area contributed by atoms with E-state index in [2.05, 4.69) is 15.6 Å². The van der Waals surface area contributed by atoms with Gasteiger partial charge in [-0.3, -0.25) is 9.59 Å². The second-order valence-electron chi connectivity index (χ2n) is 7.78. The number of rotatable bonds is 8. The molecule has 7 heteroatoms. The van der Waals surface area contributed by atoms with Gasteiger partial charge in [0.15, 0.2) is 0 Å². The number of amides is 2. The molecule has 0 fully saturated rings. The topological polar surface area (TPSA) is 85.2 Å². The summed E-state index contributed by atoms with van der Waals surface area (Å²) in [6.45, 7) is 4.08. The molecular formula is C26H26N4O3. The van der Waals surface area contributed by atoms with Crippen molar-refractivity contribution >= 4 is 28.5 Å². The van der Waals surface area contributed by atoms with Gasteiger partial charge in [-0.15, -0.1) is 0 Å². The SMILES string of the molecule is Cc1cccc(NC(=O)CNC(=O)Cn2c(COc3ccccc3)nc3ccccc32)c1C. The zero-order valence-electron chi connectivity index (χ0n) is 18.7. The Hall–Kier alpha value is -4.13. The summed E-state index contributed by atoms with van der Waals surface area (Å²) in [5.74, 6) is 0.800. The second kappa shape index (κ2) is 9.99. The van der Waals surface area contributed by atoms with Gasteiger partial charge in [-0.1, -0.05) is 42.5 Å². The Balaban J connectivity index is 1.41. The van der Waals surface area contributed by atoms with Crippen LogP contribution in [0.2, 0.25) is 0 Å². The van der Waals surface area contributed by atoms with Crippen LogP contribution in [0.25, 0.3) is 11.0 Å². The number of nitrogens with zero attached hydrogens (tertiary/aromatic N) is 2. The summed E-state index contributed by atoms with van der Waals surface area (Å²) in [5, 5.41) is 5.55. The maximum absolute atomic E-state index is 12.7. The highest BCUT2D eigenvalue weighted by atomic mass is 16.5. The molecule has 33 heavy (non-hydrogen) atoms. The zero-order valence-corrected chi connectivity index (χ0v) is 18.7. The summed E-state index contributed by atoms with van der Waals surface area (Å²) >= 11 is 0. The highest BCUT2D eigenvalue weighted by molar-refractivity contribution is 5.95. The van der Waals surface area contributed by atoms with E-state index >= 15 is 0 Å². The summed E-state index contributed by atoms with van der Waals surface area (Å²) in [6, 6.07) is 22.8. The van der Waals surface area contributed by atoms with E-state index in [4.69, 9.17) is 4.74 Å². The lowest BCUT2D eigenvalue weighted by Gasteiger charge is -2.12. The highest BCUT2D eigenvalue weighted by Crippen LogP contribution is 2.19. The summed E-state index contributed by atoms with van der Waals surface area (Å²) < 4.78 is 7.67. The maximum Gasteiger partial charge on any atom is 0.243 e. The Kier molecular flexibility index (Phi) is 6.69. The number of para-hydroxylation sites is 3. The number of carbonyl (C=O) groups is 2. The van der Waals surface area contributed by atoms with Crippen molar-refractivity contribution in [1.82, 2.24) is 14.9 Å². The van der Waals surface area contributed by atoms with Gasteiger partial charge in [-0.2, -0.15) is 0 Å². The average Bonchev–Trinajstić information content (AvgIpc) is 3.17. The van der Waals surface area contributed by atoms with Crippen LogP contribution in [0, 0.1) is 13.8 Å². The van der Waals surface area contributed by atoms with Gasteiger partial charge in [-0.25, -0.2) is 4.98 Å². The molecule has 168 valence electrons. The van der Waals surface area contributed by atoms with Gasteiger partial charge in [0.2, 0.25) is 11.8 Å². The average molecular weight is 443 g/mol. The third kappa shape index (κ3) is 5.38. The van der Waals surface area contributed by atoms with Crippen molar-refractivity contribution in [2.75, 3.05) is 11.9 Å². The number of hydrogen-bond donors (Lipinski definition) is 2. The summed E-state index contributed by atoms with van der Waals surface area (Å²) in [7, 11) is 0. The Morgan fingerprint density at radius 1 is 0.909 bits per heavy atom. The molecule has 7 nitrogen and oxygen atoms in total. The zero-order chi connectivity index (χ0) is 23.2. The molecule has 0 atom stereocenters. The lowest BCUT2D eigenvalue weighted by molar-refractivity contribution is -0.124.